The van der Waals surface area contributed by atoms with Crippen molar-refractivity contribution in [2.24, 2.45) is 0 Å². The van der Waals surface area contributed by atoms with Gasteiger partial charge in [0.05, 0.1) is 16.2 Å². The Kier molecular flexibility index (Phi) is 6.87. The van der Waals surface area contributed by atoms with Gasteiger partial charge in [-0.2, -0.15) is 0 Å². The van der Waals surface area contributed by atoms with E-state index in [0.29, 0.717) is 48.6 Å². The van der Waals surface area contributed by atoms with Crippen LogP contribution >= 0.6 is 0 Å². The summed E-state index contributed by atoms with van der Waals surface area (Å²) in [7, 11) is -3.64. The molecule has 0 saturated carbocycles. The molecule has 1 aliphatic rings. The summed E-state index contributed by atoms with van der Waals surface area (Å²) >= 11 is 0. The molecule has 2 heterocycles. The summed E-state index contributed by atoms with van der Waals surface area (Å²) in [6.45, 7) is 1.50. The summed E-state index contributed by atoms with van der Waals surface area (Å²) in [4.78, 5) is 33.1. The maximum atomic E-state index is 13.1. The van der Waals surface area contributed by atoms with E-state index in [-0.39, 0.29) is 16.6 Å². The number of pyridine rings is 1. The van der Waals surface area contributed by atoms with Gasteiger partial charge in [0.25, 0.3) is 5.91 Å². The van der Waals surface area contributed by atoms with Gasteiger partial charge in [-0.05, 0) is 42.0 Å². The standard InChI is InChI=1S/C28H25N3O5S/c32-27(30-16-18-31(19-17-30)28(33)36-24-8-2-1-3-9-24)23-13-11-21(12-14-23)20-37(34,35)25-10-4-6-22-7-5-15-29-26(22)25/h1-15H,16-20H2. The average Bonchev–Trinajstić information content (AvgIpc) is 2.93. The predicted octanol–water partition coefficient (Wildman–Crippen LogP) is 4.17. The highest BCUT2D eigenvalue weighted by atomic mass is 32.2. The molecule has 37 heavy (non-hydrogen) atoms. The van der Waals surface area contributed by atoms with Crippen LogP contribution in [0.2, 0.25) is 0 Å². The van der Waals surface area contributed by atoms with Gasteiger partial charge in [-0.3, -0.25) is 9.78 Å². The number of ether oxygens (including phenoxy) is 1. The van der Waals surface area contributed by atoms with E-state index in [1.54, 1.807) is 82.7 Å². The minimum Gasteiger partial charge on any atom is -0.410 e. The summed E-state index contributed by atoms with van der Waals surface area (Å²) in [6, 6.07) is 24.2. The van der Waals surface area contributed by atoms with Crippen molar-refractivity contribution in [2.45, 2.75) is 10.6 Å². The molecule has 8 nitrogen and oxygen atoms in total. The van der Waals surface area contributed by atoms with Crippen molar-refractivity contribution in [3.05, 3.63) is 102 Å². The topological polar surface area (TPSA) is 96.9 Å². The number of amides is 2. The van der Waals surface area contributed by atoms with Crippen LogP contribution in [0, 0.1) is 0 Å². The van der Waals surface area contributed by atoms with Crippen LogP contribution in [0.1, 0.15) is 15.9 Å². The number of sulfone groups is 1. The van der Waals surface area contributed by atoms with Gasteiger partial charge < -0.3 is 14.5 Å². The van der Waals surface area contributed by atoms with Crippen molar-refractivity contribution in [1.82, 2.24) is 14.8 Å². The highest BCUT2D eigenvalue weighted by Crippen LogP contribution is 2.24. The molecular weight excluding hydrogens is 490 g/mol. The molecular formula is C28H25N3O5S. The highest BCUT2D eigenvalue weighted by Gasteiger charge is 2.26. The number of fused-ring (bicyclic) bond motifs is 1. The Balaban J connectivity index is 1.20. The fourth-order valence-electron chi connectivity index (χ4n) is 4.30. The van der Waals surface area contributed by atoms with Gasteiger partial charge in [0.2, 0.25) is 0 Å². The van der Waals surface area contributed by atoms with Crippen LogP contribution in [0.25, 0.3) is 10.9 Å². The third-order valence-corrected chi connectivity index (χ3v) is 7.97. The lowest BCUT2D eigenvalue weighted by molar-refractivity contribution is 0.0633. The van der Waals surface area contributed by atoms with Crippen LogP contribution in [0.5, 0.6) is 5.75 Å². The normalized spacial score (nSPS) is 13.9. The smallest absolute Gasteiger partial charge is 0.410 e. The van der Waals surface area contributed by atoms with Crippen LogP contribution in [0.3, 0.4) is 0 Å². The molecule has 1 aromatic heterocycles. The molecule has 5 rings (SSSR count). The van der Waals surface area contributed by atoms with Crippen LogP contribution in [0.15, 0.2) is 96.0 Å². The number of carbonyl (C=O) groups excluding carboxylic acids is 2. The van der Waals surface area contributed by atoms with Gasteiger partial charge in [-0.15, -0.1) is 0 Å². The number of carbonyl (C=O) groups is 2. The summed E-state index contributed by atoms with van der Waals surface area (Å²) < 4.78 is 31.6. The largest absolute Gasteiger partial charge is 0.415 e. The van der Waals surface area contributed by atoms with Crippen molar-refractivity contribution in [3.8, 4) is 5.75 Å². The van der Waals surface area contributed by atoms with Crippen molar-refractivity contribution >= 4 is 32.7 Å². The van der Waals surface area contributed by atoms with Crippen LogP contribution in [0.4, 0.5) is 4.79 Å². The Hall–Kier alpha value is -4.24. The van der Waals surface area contributed by atoms with Gasteiger partial charge >= 0.3 is 6.09 Å². The first-order valence-electron chi connectivity index (χ1n) is 11.9. The molecule has 0 aliphatic carbocycles. The Bertz CT molecular complexity index is 1530. The van der Waals surface area contributed by atoms with Gasteiger partial charge in [0.15, 0.2) is 9.84 Å². The lowest BCUT2D eigenvalue weighted by Gasteiger charge is -2.34. The molecule has 0 radical (unpaired) electrons. The van der Waals surface area contributed by atoms with Gasteiger partial charge in [-0.25, -0.2) is 13.2 Å². The Morgan fingerprint density at radius 3 is 2.19 bits per heavy atom. The van der Waals surface area contributed by atoms with E-state index in [2.05, 4.69) is 4.98 Å². The average molecular weight is 516 g/mol. The van der Waals surface area contributed by atoms with Gasteiger partial charge in [0.1, 0.15) is 5.75 Å². The molecule has 0 atom stereocenters. The van der Waals surface area contributed by atoms with E-state index in [1.807, 2.05) is 18.2 Å². The number of para-hydroxylation sites is 2. The molecule has 0 unspecified atom stereocenters. The Labute approximate surface area is 215 Å². The third kappa shape index (κ3) is 5.46. The second kappa shape index (κ2) is 10.4. The summed E-state index contributed by atoms with van der Waals surface area (Å²) in [5.74, 6) is 0.118. The molecule has 188 valence electrons. The number of benzene rings is 3. The molecule has 3 aromatic carbocycles. The molecule has 1 aliphatic heterocycles. The van der Waals surface area contributed by atoms with Crippen LogP contribution in [-0.2, 0) is 15.6 Å². The zero-order valence-electron chi connectivity index (χ0n) is 20.0. The van der Waals surface area contributed by atoms with Crippen molar-refractivity contribution in [2.75, 3.05) is 26.2 Å². The first kappa shape index (κ1) is 24.5. The molecule has 0 bridgehead atoms. The van der Waals surface area contributed by atoms with Crippen molar-refractivity contribution in [3.63, 3.8) is 0 Å². The zero-order chi connectivity index (χ0) is 25.8. The number of hydrogen-bond donors (Lipinski definition) is 0. The number of nitrogens with zero attached hydrogens (tertiary/aromatic N) is 3. The number of hydrogen-bond acceptors (Lipinski definition) is 6. The van der Waals surface area contributed by atoms with E-state index in [4.69, 9.17) is 4.74 Å². The monoisotopic (exact) mass is 515 g/mol. The molecule has 2 amide bonds. The molecule has 1 saturated heterocycles. The number of rotatable bonds is 5. The third-order valence-electron chi connectivity index (χ3n) is 6.26. The number of aromatic nitrogens is 1. The summed E-state index contributed by atoms with van der Waals surface area (Å²) in [6.07, 6.45) is 1.14. The second-order valence-corrected chi connectivity index (χ2v) is 10.7. The quantitative estimate of drug-likeness (QED) is 0.396. The Morgan fingerprint density at radius 1 is 0.784 bits per heavy atom. The minimum absolute atomic E-state index is 0.163. The molecule has 0 spiro atoms. The zero-order valence-corrected chi connectivity index (χ0v) is 20.8. The molecule has 9 heteroatoms. The van der Waals surface area contributed by atoms with E-state index >= 15 is 0 Å². The van der Waals surface area contributed by atoms with Gasteiger partial charge in [-0.1, -0.05) is 48.5 Å². The molecule has 0 N–H and O–H groups in total. The molecule has 4 aromatic rings. The SMILES string of the molecule is O=C(Oc1ccccc1)N1CCN(C(=O)c2ccc(CS(=O)(=O)c3cccc4cccnc34)cc2)CC1. The lowest BCUT2D eigenvalue weighted by Crippen LogP contribution is -2.51. The van der Waals surface area contributed by atoms with E-state index in [1.165, 1.54) is 0 Å². The number of piperazine rings is 1. The van der Waals surface area contributed by atoms with Gasteiger partial charge in [0, 0.05) is 43.3 Å². The van der Waals surface area contributed by atoms with Crippen LogP contribution in [-0.4, -0.2) is 61.4 Å². The van der Waals surface area contributed by atoms with Crippen LogP contribution < -0.4 is 4.74 Å². The van der Waals surface area contributed by atoms with E-state index in [0.717, 1.165) is 5.39 Å². The van der Waals surface area contributed by atoms with E-state index < -0.39 is 15.9 Å². The maximum absolute atomic E-state index is 13.1. The highest BCUT2D eigenvalue weighted by molar-refractivity contribution is 7.90. The summed E-state index contributed by atoms with van der Waals surface area (Å²) in [5, 5.41) is 0.762. The minimum atomic E-state index is -3.64. The fraction of sp³-hybridized carbons (Fsp3) is 0.179. The van der Waals surface area contributed by atoms with Crippen molar-refractivity contribution in [1.29, 1.82) is 0 Å². The first-order chi connectivity index (χ1) is 17.9. The second-order valence-electron chi connectivity index (χ2n) is 8.75. The van der Waals surface area contributed by atoms with E-state index in [9.17, 15) is 18.0 Å². The Morgan fingerprint density at radius 2 is 1.46 bits per heavy atom. The predicted molar refractivity (Wildman–Crippen MR) is 139 cm³/mol. The first-order valence-corrected chi connectivity index (χ1v) is 13.5. The van der Waals surface area contributed by atoms with Crippen molar-refractivity contribution < 1.29 is 22.7 Å². The maximum Gasteiger partial charge on any atom is 0.415 e. The lowest BCUT2D eigenvalue weighted by atomic mass is 10.1. The summed E-state index contributed by atoms with van der Waals surface area (Å²) in [5.41, 5.74) is 1.50. The molecule has 1 fully saturated rings. The fourth-order valence-corrected chi connectivity index (χ4v) is 5.83.